The molecule has 2 rings (SSSR count). The van der Waals surface area contributed by atoms with Gasteiger partial charge in [-0.1, -0.05) is 0 Å². The highest BCUT2D eigenvalue weighted by Crippen LogP contribution is 2.20. The van der Waals surface area contributed by atoms with Gasteiger partial charge in [0.15, 0.2) is 0 Å². The molecule has 1 unspecified atom stereocenters. The number of aryl methyl sites for hydroxylation is 1. The van der Waals surface area contributed by atoms with Crippen molar-refractivity contribution in [3.63, 3.8) is 0 Å². The van der Waals surface area contributed by atoms with Crippen LogP contribution in [0.5, 0.6) is 0 Å². The highest BCUT2D eigenvalue weighted by atomic mass is 16.3. The van der Waals surface area contributed by atoms with Gasteiger partial charge in [0.1, 0.15) is 6.10 Å². The van der Waals surface area contributed by atoms with Crippen molar-refractivity contribution in [2.24, 2.45) is 12.8 Å². The van der Waals surface area contributed by atoms with Crippen molar-refractivity contribution in [3.8, 4) is 0 Å². The highest BCUT2D eigenvalue weighted by molar-refractivity contribution is 5.97. The number of nitrogens with two attached hydrogens (primary N) is 1. The van der Waals surface area contributed by atoms with Crippen LogP contribution >= 0.6 is 0 Å². The fourth-order valence-corrected chi connectivity index (χ4v) is 1.78. The van der Waals surface area contributed by atoms with E-state index in [1.165, 1.54) is 4.90 Å². The first-order chi connectivity index (χ1) is 8.54. The molecule has 18 heavy (non-hydrogen) atoms. The molecule has 1 atom stereocenters. The van der Waals surface area contributed by atoms with Crippen molar-refractivity contribution in [3.05, 3.63) is 24.5 Å². The summed E-state index contributed by atoms with van der Waals surface area (Å²) in [6.45, 7) is -0.0883. The molecule has 0 saturated carbocycles. The maximum atomic E-state index is 11.8. The number of carbonyl (C=O) groups is 1. The molecule has 6 nitrogen and oxygen atoms in total. The Morgan fingerprint density at radius 2 is 2.33 bits per heavy atom. The van der Waals surface area contributed by atoms with E-state index in [1.807, 2.05) is 23.7 Å². The lowest BCUT2D eigenvalue weighted by molar-refractivity contribution is -0.125. The van der Waals surface area contributed by atoms with Crippen molar-refractivity contribution in [2.45, 2.75) is 6.10 Å². The van der Waals surface area contributed by atoms with Crippen molar-refractivity contribution < 1.29 is 9.90 Å². The van der Waals surface area contributed by atoms with E-state index in [1.54, 1.807) is 19.4 Å². The van der Waals surface area contributed by atoms with Gasteiger partial charge in [0.2, 0.25) is 0 Å². The van der Waals surface area contributed by atoms with Gasteiger partial charge in [-0.2, -0.15) is 0 Å². The summed E-state index contributed by atoms with van der Waals surface area (Å²) in [5.41, 5.74) is 7.74. The van der Waals surface area contributed by atoms with Gasteiger partial charge < -0.3 is 20.3 Å². The first-order valence-electron chi connectivity index (χ1n) is 5.61. The standard InChI is InChI=1S/C12H16N4O2/c1-15-7-14-9-5-8(3-4-10(9)15)16(2)12(18)11(17)6-13/h3-5,7,11,17H,6,13H2,1-2H3. The fraction of sp³-hybridized carbons (Fsp3) is 0.333. The number of nitrogens with zero attached hydrogens (tertiary/aromatic N) is 3. The van der Waals surface area contributed by atoms with Crippen LogP contribution in [0.15, 0.2) is 24.5 Å². The summed E-state index contributed by atoms with van der Waals surface area (Å²) in [5.74, 6) is -0.423. The van der Waals surface area contributed by atoms with Gasteiger partial charge in [0, 0.05) is 26.3 Å². The number of amides is 1. The van der Waals surface area contributed by atoms with E-state index in [-0.39, 0.29) is 6.54 Å². The van der Waals surface area contributed by atoms with Crippen LogP contribution in [-0.2, 0) is 11.8 Å². The molecule has 0 spiro atoms. The Morgan fingerprint density at radius 3 is 3.00 bits per heavy atom. The van der Waals surface area contributed by atoms with Crippen molar-refractivity contribution in [2.75, 3.05) is 18.5 Å². The topological polar surface area (TPSA) is 84.4 Å². The Labute approximate surface area is 105 Å². The van der Waals surface area contributed by atoms with E-state index in [2.05, 4.69) is 4.98 Å². The number of hydrogen-bond acceptors (Lipinski definition) is 4. The fourth-order valence-electron chi connectivity index (χ4n) is 1.78. The van der Waals surface area contributed by atoms with Crippen LogP contribution in [0, 0.1) is 0 Å². The Kier molecular flexibility index (Phi) is 3.31. The molecule has 0 aliphatic rings. The Hall–Kier alpha value is -1.92. The molecule has 1 aromatic heterocycles. The summed E-state index contributed by atoms with van der Waals surface area (Å²) in [6.07, 6.45) is 0.541. The van der Waals surface area contributed by atoms with Gasteiger partial charge in [0.25, 0.3) is 5.91 Å². The molecular formula is C12H16N4O2. The third-order valence-corrected chi connectivity index (χ3v) is 2.94. The smallest absolute Gasteiger partial charge is 0.256 e. The molecule has 1 heterocycles. The maximum Gasteiger partial charge on any atom is 0.256 e. The highest BCUT2D eigenvalue weighted by Gasteiger charge is 2.19. The molecule has 0 bridgehead atoms. The molecule has 0 saturated heterocycles. The van der Waals surface area contributed by atoms with E-state index in [4.69, 9.17) is 5.73 Å². The lowest BCUT2D eigenvalue weighted by atomic mass is 10.2. The average molecular weight is 248 g/mol. The first kappa shape index (κ1) is 12.5. The number of imidazole rings is 1. The first-order valence-corrected chi connectivity index (χ1v) is 5.61. The van der Waals surface area contributed by atoms with E-state index in [0.717, 1.165) is 11.0 Å². The van der Waals surface area contributed by atoms with Gasteiger partial charge in [-0.15, -0.1) is 0 Å². The van der Waals surface area contributed by atoms with Crippen LogP contribution in [0.4, 0.5) is 5.69 Å². The summed E-state index contributed by atoms with van der Waals surface area (Å²) in [5, 5.41) is 9.44. The SMILES string of the molecule is CN(C(=O)C(O)CN)c1ccc2c(c1)ncn2C. The quantitative estimate of drug-likeness (QED) is 0.791. The maximum absolute atomic E-state index is 11.8. The molecule has 0 aliphatic carbocycles. The van der Waals surface area contributed by atoms with Crippen molar-refractivity contribution in [1.82, 2.24) is 9.55 Å². The lowest BCUT2D eigenvalue weighted by Crippen LogP contribution is -2.40. The van der Waals surface area contributed by atoms with Crippen molar-refractivity contribution >= 4 is 22.6 Å². The summed E-state index contributed by atoms with van der Waals surface area (Å²) < 4.78 is 1.90. The second kappa shape index (κ2) is 4.75. The Morgan fingerprint density at radius 1 is 1.61 bits per heavy atom. The zero-order chi connectivity index (χ0) is 13.3. The average Bonchev–Trinajstić information content (AvgIpc) is 2.77. The van der Waals surface area contributed by atoms with Crippen LogP contribution in [0.3, 0.4) is 0 Å². The molecule has 2 aromatic rings. The number of benzene rings is 1. The van der Waals surface area contributed by atoms with Crippen LogP contribution < -0.4 is 10.6 Å². The zero-order valence-corrected chi connectivity index (χ0v) is 10.4. The van der Waals surface area contributed by atoms with E-state index in [0.29, 0.717) is 5.69 Å². The summed E-state index contributed by atoms with van der Waals surface area (Å²) >= 11 is 0. The molecular weight excluding hydrogens is 232 g/mol. The third-order valence-electron chi connectivity index (χ3n) is 2.94. The van der Waals surface area contributed by atoms with Crippen LogP contribution in [0.1, 0.15) is 0 Å². The number of anilines is 1. The second-order valence-corrected chi connectivity index (χ2v) is 4.18. The number of fused-ring (bicyclic) bond motifs is 1. The molecule has 0 fully saturated rings. The zero-order valence-electron chi connectivity index (χ0n) is 10.4. The van der Waals surface area contributed by atoms with Crippen molar-refractivity contribution in [1.29, 1.82) is 0 Å². The van der Waals surface area contributed by atoms with Gasteiger partial charge in [-0.3, -0.25) is 4.79 Å². The van der Waals surface area contributed by atoms with Crippen LogP contribution in [-0.4, -0.2) is 40.3 Å². The number of aliphatic hydroxyl groups is 1. The van der Waals surface area contributed by atoms with Gasteiger partial charge in [-0.05, 0) is 18.2 Å². The number of likely N-dealkylation sites (N-methyl/N-ethyl adjacent to an activating group) is 1. The van der Waals surface area contributed by atoms with Gasteiger partial charge >= 0.3 is 0 Å². The number of aromatic nitrogens is 2. The number of carbonyl (C=O) groups excluding carboxylic acids is 1. The molecule has 0 radical (unpaired) electrons. The Bertz CT molecular complexity index is 578. The summed E-state index contributed by atoms with van der Waals surface area (Å²) in [6, 6.07) is 5.50. The minimum atomic E-state index is -1.17. The summed E-state index contributed by atoms with van der Waals surface area (Å²) in [4.78, 5) is 17.4. The largest absolute Gasteiger partial charge is 0.382 e. The van der Waals surface area contributed by atoms with Gasteiger partial charge in [0.05, 0.1) is 17.4 Å². The normalized spacial score (nSPS) is 12.7. The number of hydrogen-bond donors (Lipinski definition) is 2. The third kappa shape index (κ3) is 2.07. The predicted molar refractivity (Wildman–Crippen MR) is 69.2 cm³/mol. The predicted octanol–water partition coefficient (Wildman–Crippen LogP) is -0.144. The molecule has 6 heteroatoms. The van der Waals surface area contributed by atoms with E-state index >= 15 is 0 Å². The second-order valence-electron chi connectivity index (χ2n) is 4.18. The van der Waals surface area contributed by atoms with Gasteiger partial charge in [-0.25, -0.2) is 4.98 Å². The van der Waals surface area contributed by atoms with Crippen LogP contribution in [0.25, 0.3) is 11.0 Å². The molecule has 3 N–H and O–H groups in total. The molecule has 1 aromatic carbocycles. The molecule has 0 aliphatic heterocycles. The van der Waals surface area contributed by atoms with E-state index in [9.17, 15) is 9.90 Å². The van der Waals surface area contributed by atoms with E-state index < -0.39 is 12.0 Å². The lowest BCUT2D eigenvalue weighted by Gasteiger charge is -2.20. The minimum Gasteiger partial charge on any atom is -0.382 e. The number of rotatable bonds is 3. The molecule has 1 amide bonds. The number of aliphatic hydroxyl groups excluding tert-OH is 1. The Balaban J connectivity index is 2.33. The molecule has 96 valence electrons. The van der Waals surface area contributed by atoms with Crippen LogP contribution in [0.2, 0.25) is 0 Å². The monoisotopic (exact) mass is 248 g/mol. The summed E-state index contributed by atoms with van der Waals surface area (Å²) in [7, 11) is 3.51. The minimum absolute atomic E-state index is 0.0883.